The molecule has 1 aliphatic rings. The second-order valence-electron chi connectivity index (χ2n) is 6.05. The molecule has 6 heteroatoms. The molecule has 0 atom stereocenters. The van der Waals surface area contributed by atoms with Crippen molar-refractivity contribution in [3.63, 3.8) is 0 Å². The van der Waals surface area contributed by atoms with Crippen LogP contribution in [0.4, 0.5) is 10.5 Å². The van der Waals surface area contributed by atoms with Gasteiger partial charge in [0.15, 0.2) is 0 Å². The summed E-state index contributed by atoms with van der Waals surface area (Å²) in [5, 5.41) is 1.09. The molecule has 2 rings (SSSR count). The number of benzene rings is 1. The molecule has 1 amide bonds. The maximum absolute atomic E-state index is 12.0. The molecule has 0 radical (unpaired) electrons. The van der Waals surface area contributed by atoms with Crippen LogP contribution in [-0.2, 0) is 4.74 Å². The molecule has 0 bridgehead atoms. The highest BCUT2D eigenvalue weighted by molar-refractivity contribution is 6.42. The number of amides is 1. The lowest BCUT2D eigenvalue weighted by molar-refractivity contribution is 0.0240. The van der Waals surface area contributed by atoms with Crippen LogP contribution in [-0.4, -0.2) is 42.8 Å². The highest BCUT2D eigenvalue weighted by Crippen LogP contribution is 2.27. The van der Waals surface area contributed by atoms with E-state index in [0.717, 1.165) is 18.8 Å². The molecule has 1 aliphatic heterocycles. The lowest BCUT2D eigenvalue weighted by atomic mass is 10.2. The molecule has 1 heterocycles. The van der Waals surface area contributed by atoms with Gasteiger partial charge in [-0.15, -0.1) is 0 Å². The van der Waals surface area contributed by atoms with Crippen LogP contribution in [0.3, 0.4) is 0 Å². The Morgan fingerprint density at radius 3 is 2.24 bits per heavy atom. The number of nitrogens with zero attached hydrogens (tertiary/aromatic N) is 2. The summed E-state index contributed by atoms with van der Waals surface area (Å²) in [5.41, 5.74) is 0.561. The number of hydrogen-bond donors (Lipinski definition) is 0. The summed E-state index contributed by atoms with van der Waals surface area (Å²) >= 11 is 12.0. The molecular formula is C15H20Cl2N2O2. The van der Waals surface area contributed by atoms with Crippen molar-refractivity contribution in [2.24, 2.45) is 0 Å². The van der Waals surface area contributed by atoms with Crippen molar-refractivity contribution in [2.75, 3.05) is 31.1 Å². The lowest BCUT2D eigenvalue weighted by Gasteiger charge is -2.36. The van der Waals surface area contributed by atoms with E-state index in [0.29, 0.717) is 23.1 Å². The summed E-state index contributed by atoms with van der Waals surface area (Å²) < 4.78 is 5.38. The second kappa shape index (κ2) is 6.32. The zero-order valence-corrected chi connectivity index (χ0v) is 14.0. The molecule has 116 valence electrons. The van der Waals surface area contributed by atoms with Gasteiger partial charge in [-0.2, -0.15) is 0 Å². The van der Waals surface area contributed by atoms with Gasteiger partial charge in [0, 0.05) is 31.9 Å². The monoisotopic (exact) mass is 330 g/mol. The molecule has 0 aliphatic carbocycles. The molecule has 0 saturated carbocycles. The topological polar surface area (TPSA) is 32.8 Å². The number of halogens is 2. The Morgan fingerprint density at radius 2 is 1.71 bits per heavy atom. The molecule has 4 nitrogen and oxygen atoms in total. The van der Waals surface area contributed by atoms with Gasteiger partial charge >= 0.3 is 6.09 Å². The summed E-state index contributed by atoms with van der Waals surface area (Å²) in [4.78, 5) is 15.9. The third-order valence-corrected chi connectivity index (χ3v) is 3.94. The minimum atomic E-state index is -0.460. The highest BCUT2D eigenvalue weighted by atomic mass is 35.5. The fourth-order valence-corrected chi connectivity index (χ4v) is 2.45. The van der Waals surface area contributed by atoms with Crippen molar-refractivity contribution in [2.45, 2.75) is 26.4 Å². The van der Waals surface area contributed by atoms with E-state index in [1.54, 1.807) is 11.0 Å². The third-order valence-electron chi connectivity index (χ3n) is 3.20. The molecule has 0 N–H and O–H groups in total. The smallest absolute Gasteiger partial charge is 0.410 e. The fraction of sp³-hybridized carbons (Fsp3) is 0.533. The summed E-state index contributed by atoms with van der Waals surface area (Å²) in [6.07, 6.45) is -0.253. The maximum Gasteiger partial charge on any atom is 0.410 e. The van der Waals surface area contributed by atoms with E-state index in [9.17, 15) is 4.79 Å². The van der Waals surface area contributed by atoms with E-state index in [4.69, 9.17) is 27.9 Å². The Hall–Kier alpha value is -1.13. The van der Waals surface area contributed by atoms with Gasteiger partial charge in [-0.1, -0.05) is 23.2 Å². The molecule has 1 aromatic rings. The van der Waals surface area contributed by atoms with Crippen LogP contribution in [0, 0.1) is 0 Å². The summed E-state index contributed by atoms with van der Waals surface area (Å²) in [6, 6.07) is 5.59. The van der Waals surface area contributed by atoms with Crippen molar-refractivity contribution in [3.05, 3.63) is 28.2 Å². The second-order valence-corrected chi connectivity index (χ2v) is 6.87. The lowest BCUT2D eigenvalue weighted by Crippen LogP contribution is -2.50. The van der Waals surface area contributed by atoms with Crippen molar-refractivity contribution in [3.8, 4) is 0 Å². The van der Waals surface area contributed by atoms with Gasteiger partial charge in [0.2, 0.25) is 0 Å². The molecule has 1 fully saturated rings. The zero-order valence-electron chi connectivity index (χ0n) is 12.5. The standard InChI is InChI=1S/C15H20Cl2N2O2/c1-15(2,3)21-14(20)19-8-6-18(7-9-19)11-4-5-12(16)13(17)10-11/h4-5,10H,6-9H2,1-3H3. The number of carbonyl (C=O) groups excluding carboxylic acids is 1. The Kier molecular flexibility index (Phi) is 4.89. The minimum Gasteiger partial charge on any atom is -0.444 e. The van der Waals surface area contributed by atoms with Crippen molar-refractivity contribution in [1.29, 1.82) is 0 Å². The molecule has 1 saturated heterocycles. The Morgan fingerprint density at radius 1 is 1.10 bits per heavy atom. The third kappa shape index (κ3) is 4.42. The fourth-order valence-electron chi connectivity index (χ4n) is 2.16. The van der Waals surface area contributed by atoms with Crippen molar-refractivity contribution >= 4 is 35.0 Å². The molecule has 0 spiro atoms. The maximum atomic E-state index is 12.0. The Bertz CT molecular complexity index is 521. The molecule has 1 aromatic carbocycles. The van der Waals surface area contributed by atoms with Crippen LogP contribution in [0.2, 0.25) is 10.0 Å². The normalized spacial score (nSPS) is 16.0. The minimum absolute atomic E-state index is 0.253. The molecule has 21 heavy (non-hydrogen) atoms. The highest BCUT2D eigenvalue weighted by Gasteiger charge is 2.26. The van der Waals surface area contributed by atoms with Gasteiger partial charge in [0.25, 0.3) is 0 Å². The Balaban J connectivity index is 1.94. The van der Waals surface area contributed by atoms with Gasteiger partial charge in [0.05, 0.1) is 10.0 Å². The van der Waals surface area contributed by atoms with Gasteiger partial charge in [-0.05, 0) is 39.0 Å². The van der Waals surface area contributed by atoms with E-state index in [1.807, 2.05) is 32.9 Å². The van der Waals surface area contributed by atoms with E-state index in [-0.39, 0.29) is 6.09 Å². The summed E-state index contributed by atoms with van der Waals surface area (Å²) in [7, 11) is 0. The number of hydrogen-bond acceptors (Lipinski definition) is 3. The SMILES string of the molecule is CC(C)(C)OC(=O)N1CCN(c2ccc(Cl)c(Cl)c2)CC1. The average Bonchev–Trinajstić information content (AvgIpc) is 2.40. The van der Waals surface area contributed by atoms with E-state index in [2.05, 4.69) is 4.90 Å². The van der Waals surface area contributed by atoms with E-state index in [1.165, 1.54) is 0 Å². The first-order valence-corrected chi connectivity index (χ1v) is 7.70. The van der Waals surface area contributed by atoms with E-state index < -0.39 is 5.60 Å². The van der Waals surface area contributed by atoms with Gasteiger partial charge in [-0.3, -0.25) is 0 Å². The van der Waals surface area contributed by atoms with Gasteiger partial charge < -0.3 is 14.5 Å². The molecule has 0 aromatic heterocycles. The van der Waals surface area contributed by atoms with Gasteiger partial charge in [0.1, 0.15) is 5.60 Å². The van der Waals surface area contributed by atoms with Crippen LogP contribution in [0.5, 0.6) is 0 Å². The predicted octanol–water partition coefficient (Wildman–Crippen LogP) is 4.05. The number of anilines is 1. The number of rotatable bonds is 1. The Labute approximate surface area is 135 Å². The van der Waals surface area contributed by atoms with Crippen molar-refractivity contribution < 1.29 is 9.53 Å². The van der Waals surface area contributed by atoms with Crippen LogP contribution < -0.4 is 4.90 Å². The molecular weight excluding hydrogens is 311 g/mol. The number of ether oxygens (including phenoxy) is 1. The number of piperazine rings is 1. The first-order valence-electron chi connectivity index (χ1n) is 6.94. The first kappa shape index (κ1) is 16.2. The molecule has 0 unspecified atom stereocenters. The number of carbonyl (C=O) groups is 1. The summed E-state index contributed by atoms with van der Waals surface area (Å²) in [5.74, 6) is 0. The quantitative estimate of drug-likeness (QED) is 0.778. The largest absolute Gasteiger partial charge is 0.444 e. The van der Waals surface area contributed by atoms with Gasteiger partial charge in [-0.25, -0.2) is 4.79 Å². The van der Waals surface area contributed by atoms with Crippen LogP contribution in [0.15, 0.2) is 18.2 Å². The zero-order chi connectivity index (χ0) is 15.6. The van der Waals surface area contributed by atoms with Crippen LogP contribution in [0.25, 0.3) is 0 Å². The van der Waals surface area contributed by atoms with Crippen LogP contribution >= 0.6 is 23.2 Å². The summed E-state index contributed by atoms with van der Waals surface area (Å²) in [6.45, 7) is 8.38. The van der Waals surface area contributed by atoms with Crippen LogP contribution in [0.1, 0.15) is 20.8 Å². The van der Waals surface area contributed by atoms with E-state index >= 15 is 0 Å². The van der Waals surface area contributed by atoms with Crippen molar-refractivity contribution in [1.82, 2.24) is 4.90 Å². The average molecular weight is 331 g/mol. The predicted molar refractivity (Wildman–Crippen MR) is 86.5 cm³/mol. The first-order chi connectivity index (χ1) is 9.76.